The topological polar surface area (TPSA) is 75.4 Å². The average molecular weight is 322 g/mol. The van der Waals surface area contributed by atoms with Crippen LogP contribution >= 0.6 is 11.6 Å². The molecule has 0 bridgehead atoms. The zero-order valence-electron chi connectivity index (χ0n) is 12.3. The highest BCUT2D eigenvalue weighted by atomic mass is 35.5. The highest BCUT2D eigenvalue weighted by Gasteiger charge is 2.21. The third-order valence-corrected chi connectivity index (χ3v) is 3.56. The summed E-state index contributed by atoms with van der Waals surface area (Å²) in [5.41, 5.74) is 1.82. The molecule has 0 radical (unpaired) electrons. The van der Waals surface area contributed by atoms with Crippen LogP contribution in [0, 0.1) is 6.92 Å². The van der Waals surface area contributed by atoms with Gasteiger partial charge in [-0.15, -0.1) is 0 Å². The van der Waals surface area contributed by atoms with E-state index < -0.39 is 5.97 Å². The molecule has 0 unspecified atom stereocenters. The second-order valence-corrected chi connectivity index (χ2v) is 5.18. The Kier molecular flexibility index (Phi) is 4.82. The van der Waals surface area contributed by atoms with E-state index in [1.54, 1.807) is 42.8 Å². The summed E-state index contributed by atoms with van der Waals surface area (Å²) in [6, 6.07) is 7.07. The van der Waals surface area contributed by atoms with Crippen LogP contribution < -0.4 is 0 Å². The van der Waals surface area contributed by atoms with Crippen molar-refractivity contribution in [3.8, 4) is 5.69 Å². The molecule has 22 heavy (non-hydrogen) atoms. The third-order valence-electron chi connectivity index (χ3n) is 3.31. The lowest BCUT2D eigenvalue weighted by molar-refractivity contribution is -0.137. The lowest BCUT2D eigenvalue weighted by Gasteiger charge is -2.18. The first-order chi connectivity index (χ1) is 10.4. The standard InChI is InChI=1S/C15H16ClN3O3/c1-3-18(9-14(20)21)15(22)13-8-17-19(10(13)2)12-6-4-11(16)5-7-12/h4-8H,3,9H2,1-2H3,(H,20,21). The summed E-state index contributed by atoms with van der Waals surface area (Å²) in [5.74, 6) is -1.39. The Balaban J connectivity index is 2.32. The van der Waals surface area contributed by atoms with E-state index in [1.807, 2.05) is 0 Å². The van der Waals surface area contributed by atoms with Gasteiger partial charge in [0.25, 0.3) is 5.91 Å². The van der Waals surface area contributed by atoms with Gasteiger partial charge in [-0.1, -0.05) is 11.6 Å². The maximum atomic E-state index is 12.4. The summed E-state index contributed by atoms with van der Waals surface area (Å²) in [4.78, 5) is 24.5. The number of benzene rings is 1. The Bertz CT molecular complexity index is 695. The predicted octanol–water partition coefficient (Wildman–Crippen LogP) is 2.38. The first-order valence-corrected chi connectivity index (χ1v) is 7.13. The van der Waals surface area contributed by atoms with Crippen LogP contribution in [0.2, 0.25) is 5.02 Å². The normalized spacial score (nSPS) is 10.5. The molecule has 0 saturated carbocycles. The zero-order valence-corrected chi connectivity index (χ0v) is 13.0. The molecule has 1 aromatic heterocycles. The molecule has 7 heteroatoms. The summed E-state index contributed by atoms with van der Waals surface area (Å²) in [6.07, 6.45) is 1.46. The van der Waals surface area contributed by atoms with Crippen LogP contribution in [0.15, 0.2) is 30.5 Å². The number of aromatic nitrogens is 2. The summed E-state index contributed by atoms with van der Waals surface area (Å²) >= 11 is 5.86. The average Bonchev–Trinajstić information content (AvgIpc) is 2.86. The second kappa shape index (κ2) is 6.62. The fourth-order valence-corrected chi connectivity index (χ4v) is 2.25. The number of aliphatic carboxylic acids is 1. The van der Waals surface area contributed by atoms with E-state index >= 15 is 0 Å². The quantitative estimate of drug-likeness (QED) is 0.917. The van der Waals surface area contributed by atoms with Crippen LogP contribution in [0.5, 0.6) is 0 Å². The summed E-state index contributed by atoms with van der Waals surface area (Å²) in [5, 5.41) is 13.7. The van der Waals surface area contributed by atoms with Gasteiger partial charge in [-0.05, 0) is 38.1 Å². The van der Waals surface area contributed by atoms with Crippen molar-refractivity contribution in [3.63, 3.8) is 0 Å². The van der Waals surface area contributed by atoms with E-state index in [0.717, 1.165) is 5.69 Å². The van der Waals surface area contributed by atoms with Crippen molar-refractivity contribution in [2.24, 2.45) is 0 Å². The van der Waals surface area contributed by atoms with E-state index in [1.165, 1.54) is 11.1 Å². The summed E-state index contributed by atoms with van der Waals surface area (Å²) < 4.78 is 1.62. The Hall–Kier alpha value is -2.34. The van der Waals surface area contributed by atoms with Gasteiger partial charge in [0, 0.05) is 11.6 Å². The number of amides is 1. The predicted molar refractivity (Wildman–Crippen MR) is 82.5 cm³/mol. The molecule has 0 saturated heterocycles. The minimum atomic E-state index is -1.04. The minimum absolute atomic E-state index is 0.316. The molecule has 2 aromatic rings. The maximum Gasteiger partial charge on any atom is 0.323 e. The lowest BCUT2D eigenvalue weighted by atomic mass is 10.2. The van der Waals surface area contributed by atoms with Crippen molar-refractivity contribution < 1.29 is 14.7 Å². The molecule has 1 aromatic carbocycles. The molecular weight excluding hydrogens is 306 g/mol. The van der Waals surface area contributed by atoms with Crippen molar-refractivity contribution >= 4 is 23.5 Å². The zero-order chi connectivity index (χ0) is 16.3. The molecule has 0 atom stereocenters. The molecule has 1 amide bonds. The van der Waals surface area contributed by atoms with Crippen molar-refractivity contribution in [1.82, 2.24) is 14.7 Å². The van der Waals surface area contributed by atoms with Crippen molar-refractivity contribution in [1.29, 1.82) is 0 Å². The fraction of sp³-hybridized carbons (Fsp3) is 0.267. The van der Waals surface area contributed by atoms with Crippen LogP contribution in [-0.4, -0.2) is 44.8 Å². The number of hydrogen-bond acceptors (Lipinski definition) is 3. The minimum Gasteiger partial charge on any atom is -0.480 e. The number of hydrogen-bond donors (Lipinski definition) is 1. The van der Waals surface area contributed by atoms with Gasteiger partial charge in [-0.25, -0.2) is 4.68 Å². The van der Waals surface area contributed by atoms with E-state index in [0.29, 0.717) is 22.8 Å². The smallest absolute Gasteiger partial charge is 0.323 e. The van der Waals surface area contributed by atoms with Crippen LogP contribution in [0.25, 0.3) is 5.69 Å². The summed E-state index contributed by atoms with van der Waals surface area (Å²) in [7, 11) is 0. The summed E-state index contributed by atoms with van der Waals surface area (Å²) in [6.45, 7) is 3.49. The SMILES string of the molecule is CCN(CC(=O)O)C(=O)c1cnn(-c2ccc(Cl)cc2)c1C. The number of carboxylic acids is 1. The van der Waals surface area contributed by atoms with Crippen molar-refractivity contribution in [3.05, 3.63) is 46.7 Å². The molecule has 2 rings (SSSR count). The van der Waals surface area contributed by atoms with Crippen LogP contribution in [0.4, 0.5) is 0 Å². The molecule has 0 fully saturated rings. The monoisotopic (exact) mass is 321 g/mol. The lowest BCUT2D eigenvalue weighted by Crippen LogP contribution is -2.35. The highest BCUT2D eigenvalue weighted by molar-refractivity contribution is 6.30. The molecule has 0 aliphatic rings. The van der Waals surface area contributed by atoms with Gasteiger partial charge in [0.1, 0.15) is 6.54 Å². The van der Waals surface area contributed by atoms with Crippen molar-refractivity contribution in [2.75, 3.05) is 13.1 Å². The number of likely N-dealkylation sites (N-methyl/N-ethyl adjacent to an activating group) is 1. The van der Waals surface area contributed by atoms with Crippen LogP contribution in [-0.2, 0) is 4.79 Å². The van der Waals surface area contributed by atoms with Crippen LogP contribution in [0.1, 0.15) is 23.0 Å². The maximum absolute atomic E-state index is 12.4. The Morgan fingerprint density at radius 1 is 1.32 bits per heavy atom. The van der Waals surface area contributed by atoms with E-state index in [4.69, 9.17) is 16.7 Å². The number of carbonyl (C=O) groups excluding carboxylic acids is 1. The highest BCUT2D eigenvalue weighted by Crippen LogP contribution is 2.18. The van der Waals surface area contributed by atoms with Gasteiger partial charge in [0.2, 0.25) is 0 Å². The van der Waals surface area contributed by atoms with Crippen molar-refractivity contribution in [2.45, 2.75) is 13.8 Å². The Labute approximate surface area is 132 Å². The number of halogens is 1. The number of carboxylic acid groups (broad SMARTS) is 1. The molecular formula is C15H16ClN3O3. The van der Waals surface area contributed by atoms with Gasteiger partial charge in [-0.3, -0.25) is 9.59 Å². The molecule has 116 valence electrons. The van der Waals surface area contributed by atoms with E-state index in [9.17, 15) is 9.59 Å². The number of nitrogens with zero attached hydrogens (tertiary/aromatic N) is 3. The van der Waals surface area contributed by atoms with Gasteiger partial charge in [-0.2, -0.15) is 5.10 Å². The second-order valence-electron chi connectivity index (χ2n) is 4.74. The fourth-order valence-electron chi connectivity index (χ4n) is 2.12. The Morgan fingerprint density at radius 3 is 2.50 bits per heavy atom. The molecule has 1 heterocycles. The number of rotatable bonds is 5. The largest absolute Gasteiger partial charge is 0.480 e. The van der Waals surface area contributed by atoms with E-state index in [-0.39, 0.29) is 12.5 Å². The third kappa shape index (κ3) is 3.28. The van der Waals surface area contributed by atoms with E-state index in [2.05, 4.69) is 5.10 Å². The van der Waals surface area contributed by atoms with Gasteiger partial charge < -0.3 is 10.0 Å². The van der Waals surface area contributed by atoms with Gasteiger partial charge in [0.15, 0.2) is 0 Å². The van der Waals surface area contributed by atoms with Gasteiger partial charge in [0.05, 0.1) is 23.1 Å². The van der Waals surface area contributed by atoms with Gasteiger partial charge >= 0.3 is 5.97 Å². The molecule has 0 aliphatic carbocycles. The molecule has 0 spiro atoms. The Morgan fingerprint density at radius 2 is 1.95 bits per heavy atom. The number of carbonyl (C=O) groups is 2. The molecule has 0 aliphatic heterocycles. The first kappa shape index (κ1) is 16.0. The molecule has 6 nitrogen and oxygen atoms in total. The van der Waals surface area contributed by atoms with Crippen LogP contribution in [0.3, 0.4) is 0 Å². The first-order valence-electron chi connectivity index (χ1n) is 6.75. The molecule has 1 N–H and O–H groups in total.